The lowest BCUT2D eigenvalue weighted by Crippen LogP contribution is -2.04. The number of rotatable bonds is 3. The van der Waals surface area contributed by atoms with Crippen molar-refractivity contribution in [2.45, 2.75) is 20.8 Å². The summed E-state index contributed by atoms with van der Waals surface area (Å²) < 4.78 is 20.3. The molecule has 0 unspecified atom stereocenters. The highest BCUT2D eigenvalue weighted by Crippen LogP contribution is 2.26. The second-order valence-corrected chi connectivity index (χ2v) is 5.46. The van der Waals surface area contributed by atoms with Gasteiger partial charge < -0.3 is 4.74 Å². The number of esters is 1. The molecule has 0 saturated heterocycles. The van der Waals surface area contributed by atoms with Gasteiger partial charge in [-0.15, -0.1) is 0 Å². The maximum Gasteiger partial charge on any atom is 0.358 e. The number of hydrogen-bond donors (Lipinski definition) is 0. The zero-order chi connectivity index (χ0) is 20.0. The first-order valence-corrected chi connectivity index (χ1v) is 8.49. The number of nitrogens with zero attached hydrogens (tertiary/aromatic N) is 3. The van der Waals surface area contributed by atoms with Crippen molar-refractivity contribution in [3.63, 3.8) is 0 Å². The molecule has 0 spiro atoms. The average molecular weight is 365 g/mol. The molecular weight excluding hydrogens is 345 g/mol. The molecule has 0 amide bonds. The molecule has 0 saturated carbocycles. The van der Waals surface area contributed by atoms with Crippen LogP contribution in [0.1, 0.15) is 35.5 Å². The molecule has 0 aliphatic carbocycles. The number of nitriles is 1. The van der Waals surface area contributed by atoms with Gasteiger partial charge in [0.1, 0.15) is 11.9 Å². The summed E-state index contributed by atoms with van der Waals surface area (Å²) in [6.45, 7) is 5.96. The lowest BCUT2D eigenvalue weighted by Gasteiger charge is -2.08. The number of aromatic nitrogens is 2. The first-order valence-electron chi connectivity index (χ1n) is 8.49. The minimum atomic E-state index is -0.628. The van der Waals surface area contributed by atoms with Gasteiger partial charge in [-0.05, 0) is 37.3 Å². The van der Waals surface area contributed by atoms with E-state index in [4.69, 9.17) is 10.00 Å². The van der Waals surface area contributed by atoms with E-state index >= 15 is 0 Å². The summed E-state index contributed by atoms with van der Waals surface area (Å²) in [7, 11) is 1.27. The summed E-state index contributed by atoms with van der Waals surface area (Å²) in [5.41, 5.74) is 2.89. The quantitative estimate of drug-likeness (QED) is 0.633. The van der Waals surface area contributed by atoms with E-state index in [1.54, 1.807) is 16.8 Å². The van der Waals surface area contributed by atoms with E-state index in [0.717, 1.165) is 11.3 Å². The van der Waals surface area contributed by atoms with Gasteiger partial charge in [0.2, 0.25) is 0 Å². The highest BCUT2D eigenvalue weighted by atomic mass is 19.1. The average Bonchev–Trinajstić information content (AvgIpc) is 3.15. The molecule has 0 aliphatic rings. The molecule has 6 heteroatoms. The molecule has 1 aromatic heterocycles. The molecule has 0 aliphatic heterocycles. The van der Waals surface area contributed by atoms with Gasteiger partial charge >= 0.3 is 5.97 Å². The molecule has 0 atom stereocenters. The Hall–Kier alpha value is -3.46. The number of halogens is 1. The van der Waals surface area contributed by atoms with Gasteiger partial charge in [0, 0.05) is 5.56 Å². The van der Waals surface area contributed by atoms with Crippen LogP contribution in [0.4, 0.5) is 4.39 Å². The number of methoxy groups -OCH3 is 1. The number of carbonyl (C=O) groups excluding carboxylic acids is 1. The van der Waals surface area contributed by atoms with Gasteiger partial charge in [-0.1, -0.05) is 37.6 Å². The van der Waals surface area contributed by atoms with Crippen molar-refractivity contribution in [2.24, 2.45) is 0 Å². The Morgan fingerprint density at radius 2 is 1.81 bits per heavy atom. The Kier molecular flexibility index (Phi) is 6.45. The van der Waals surface area contributed by atoms with Gasteiger partial charge in [0.05, 0.1) is 24.1 Å². The Balaban J connectivity index is 0.00000126. The fraction of sp³-hybridized carbons (Fsp3) is 0.190. The summed E-state index contributed by atoms with van der Waals surface area (Å²) in [5, 5.41) is 13.2. The van der Waals surface area contributed by atoms with Crippen molar-refractivity contribution < 1.29 is 13.9 Å². The highest BCUT2D eigenvalue weighted by molar-refractivity contribution is 5.89. The largest absolute Gasteiger partial charge is 0.464 e. The van der Waals surface area contributed by atoms with Crippen LogP contribution in [0.2, 0.25) is 0 Å². The van der Waals surface area contributed by atoms with E-state index in [1.165, 1.54) is 25.3 Å². The van der Waals surface area contributed by atoms with Crippen LogP contribution in [0.25, 0.3) is 16.9 Å². The molecule has 3 aromatic rings. The smallest absolute Gasteiger partial charge is 0.358 e. The lowest BCUT2D eigenvalue weighted by molar-refractivity contribution is 0.0593. The molecule has 5 nitrogen and oxygen atoms in total. The zero-order valence-electron chi connectivity index (χ0n) is 15.7. The van der Waals surface area contributed by atoms with Gasteiger partial charge in [-0.25, -0.2) is 13.9 Å². The monoisotopic (exact) mass is 365 g/mol. The van der Waals surface area contributed by atoms with Crippen LogP contribution in [0, 0.1) is 24.1 Å². The van der Waals surface area contributed by atoms with Crippen LogP contribution in [-0.4, -0.2) is 22.9 Å². The van der Waals surface area contributed by atoms with E-state index in [-0.39, 0.29) is 11.3 Å². The Bertz CT molecular complexity index is 986. The molecule has 0 radical (unpaired) electrons. The molecule has 0 fully saturated rings. The van der Waals surface area contributed by atoms with Crippen LogP contribution in [0.5, 0.6) is 0 Å². The van der Waals surface area contributed by atoms with Crippen LogP contribution < -0.4 is 0 Å². The molecule has 0 bridgehead atoms. The van der Waals surface area contributed by atoms with Crippen molar-refractivity contribution in [1.29, 1.82) is 5.26 Å². The molecule has 27 heavy (non-hydrogen) atoms. The number of benzene rings is 2. The predicted molar refractivity (Wildman–Crippen MR) is 101 cm³/mol. The maximum absolute atomic E-state index is 14.0. The highest BCUT2D eigenvalue weighted by Gasteiger charge is 2.18. The Labute approximate surface area is 157 Å². The minimum absolute atomic E-state index is 0.0432. The summed E-state index contributed by atoms with van der Waals surface area (Å²) in [6, 6.07) is 15.1. The van der Waals surface area contributed by atoms with Gasteiger partial charge in [-0.3, -0.25) is 0 Å². The standard InChI is InChI=1S/C19H14FN3O2.C2H6/c1-12-3-7-15(8-4-12)23-18(10-17(22-23)19(24)25-2)13-5-6-14(11-21)16(20)9-13;1-2/h3-10H,1-2H3;1-2H3. The molecular formula is C21H20FN3O2. The summed E-state index contributed by atoms with van der Waals surface area (Å²) in [4.78, 5) is 11.8. The van der Waals surface area contributed by atoms with Crippen LogP contribution in [-0.2, 0) is 4.74 Å². The van der Waals surface area contributed by atoms with Gasteiger partial charge in [0.15, 0.2) is 5.69 Å². The maximum atomic E-state index is 14.0. The van der Waals surface area contributed by atoms with Crippen molar-refractivity contribution in [3.8, 4) is 23.0 Å². The predicted octanol–water partition coefficient (Wildman–Crippen LogP) is 4.67. The molecule has 1 heterocycles. The minimum Gasteiger partial charge on any atom is -0.464 e. The van der Waals surface area contributed by atoms with Crippen molar-refractivity contribution in [1.82, 2.24) is 9.78 Å². The van der Waals surface area contributed by atoms with Gasteiger partial charge in [-0.2, -0.15) is 10.4 Å². The van der Waals surface area contributed by atoms with Crippen LogP contribution in [0.15, 0.2) is 48.5 Å². The number of hydrogen-bond acceptors (Lipinski definition) is 4. The topological polar surface area (TPSA) is 67.9 Å². The fourth-order valence-electron chi connectivity index (χ4n) is 2.44. The zero-order valence-corrected chi connectivity index (χ0v) is 15.7. The third kappa shape index (κ3) is 4.21. The molecule has 3 rings (SSSR count). The van der Waals surface area contributed by atoms with E-state index < -0.39 is 11.8 Å². The SMILES string of the molecule is CC.COC(=O)c1cc(-c2ccc(C#N)c(F)c2)n(-c2ccc(C)cc2)n1. The molecule has 2 aromatic carbocycles. The third-order valence-electron chi connectivity index (χ3n) is 3.77. The summed E-state index contributed by atoms with van der Waals surface area (Å²) in [6.07, 6.45) is 0. The fourth-order valence-corrected chi connectivity index (χ4v) is 2.44. The first kappa shape index (κ1) is 19.9. The van der Waals surface area contributed by atoms with E-state index in [0.29, 0.717) is 11.3 Å². The number of ether oxygens (including phenoxy) is 1. The Morgan fingerprint density at radius 3 is 2.37 bits per heavy atom. The second-order valence-electron chi connectivity index (χ2n) is 5.46. The summed E-state index contributed by atoms with van der Waals surface area (Å²) in [5.74, 6) is -1.21. The lowest BCUT2D eigenvalue weighted by atomic mass is 10.1. The van der Waals surface area contributed by atoms with Crippen LogP contribution in [0.3, 0.4) is 0 Å². The van der Waals surface area contributed by atoms with E-state index in [1.807, 2.05) is 45.0 Å². The van der Waals surface area contributed by atoms with Crippen molar-refractivity contribution in [2.75, 3.05) is 7.11 Å². The third-order valence-corrected chi connectivity index (χ3v) is 3.77. The summed E-state index contributed by atoms with van der Waals surface area (Å²) >= 11 is 0. The van der Waals surface area contributed by atoms with Crippen LogP contribution >= 0.6 is 0 Å². The normalized spacial score (nSPS) is 9.78. The van der Waals surface area contributed by atoms with E-state index in [2.05, 4.69) is 5.10 Å². The Morgan fingerprint density at radius 1 is 1.15 bits per heavy atom. The van der Waals surface area contributed by atoms with Gasteiger partial charge in [0.25, 0.3) is 0 Å². The van der Waals surface area contributed by atoms with E-state index in [9.17, 15) is 9.18 Å². The molecule has 0 N–H and O–H groups in total. The van der Waals surface area contributed by atoms with Crippen molar-refractivity contribution in [3.05, 3.63) is 71.2 Å². The second kappa shape index (κ2) is 8.77. The molecule has 138 valence electrons. The van der Waals surface area contributed by atoms with Crippen molar-refractivity contribution >= 4 is 5.97 Å². The number of carbonyl (C=O) groups is 1. The first-order chi connectivity index (χ1) is 13.0. The number of aryl methyl sites for hydroxylation is 1.